The Morgan fingerprint density at radius 3 is 2.62 bits per heavy atom. The third kappa shape index (κ3) is 3.28. The molecule has 1 heterocycles. The molecule has 1 N–H and O–H groups in total. The first kappa shape index (κ1) is 16.6. The number of hydrogen-bond acceptors (Lipinski definition) is 3. The lowest BCUT2D eigenvalue weighted by Crippen LogP contribution is -2.19. The largest absolute Gasteiger partial charge is 0.300 e. The molecule has 0 saturated carbocycles. The van der Waals surface area contributed by atoms with Crippen molar-refractivity contribution in [1.82, 2.24) is 5.32 Å². The summed E-state index contributed by atoms with van der Waals surface area (Å²) in [5, 5.41) is 5.77. The van der Waals surface area contributed by atoms with E-state index in [1.807, 2.05) is 48.5 Å². The normalized spacial score (nSPS) is 17.2. The average Bonchev–Trinajstić information content (AvgIpc) is 2.98. The predicted octanol–water partition coefficient (Wildman–Crippen LogP) is 5.35. The molecule has 0 unspecified atom stereocenters. The van der Waals surface area contributed by atoms with Gasteiger partial charge in [0.1, 0.15) is 0 Å². The van der Waals surface area contributed by atoms with Crippen LogP contribution >= 0.6 is 11.8 Å². The van der Waals surface area contributed by atoms with Crippen molar-refractivity contribution >= 4 is 45.4 Å². The molecule has 3 nitrogen and oxygen atoms in total. The zero-order valence-electron chi connectivity index (χ0n) is 14.6. The molecule has 1 saturated heterocycles. The highest BCUT2D eigenvalue weighted by atomic mass is 32.2. The molecule has 1 aliphatic heterocycles. The third-order valence-electron chi connectivity index (χ3n) is 4.48. The summed E-state index contributed by atoms with van der Waals surface area (Å²) in [6.07, 6.45) is 1.94. The predicted molar refractivity (Wildman–Crippen MR) is 111 cm³/mol. The smallest absolute Gasteiger partial charge is 0.264 e. The van der Waals surface area contributed by atoms with Crippen molar-refractivity contribution < 1.29 is 4.79 Å². The number of amidine groups is 1. The molecule has 0 radical (unpaired) electrons. The van der Waals surface area contributed by atoms with Gasteiger partial charge in [-0.2, -0.15) is 0 Å². The van der Waals surface area contributed by atoms with Crippen molar-refractivity contribution in [2.75, 3.05) is 0 Å². The molecule has 0 spiro atoms. The molecule has 1 aliphatic rings. The van der Waals surface area contributed by atoms with E-state index in [9.17, 15) is 4.79 Å². The molecule has 0 aromatic heterocycles. The molecule has 1 amide bonds. The van der Waals surface area contributed by atoms with Crippen LogP contribution in [-0.4, -0.2) is 11.1 Å². The SMILES string of the molecule is Cc1ccc(N=C2NC(=O)/C(=C\c3cccc4ccccc34)S2)cc1C. The Hall–Kier alpha value is -2.85. The number of fused-ring (bicyclic) bond motifs is 1. The van der Waals surface area contributed by atoms with Crippen LogP contribution in [0.1, 0.15) is 16.7 Å². The van der Waals surface area contributed by atoms with Crippen LogP contribution in [0.2, 0.25) is 0 Å². The first-order chi connectivity index (χ1) is 12.6. The number of aryl methyl sites for hydroxylation is 2. The Morgan fingerprint density at radius 1 is 0.962 bits per heavy atom. The minimum atomic E-state index is -0.106. The first-order valence-electron chi connectivity index (χ1n) is 8.45. The van der Waals surface area contributed by atoms with Crippen LogP contribution in [0.4, 0.5) is 5.69 Å². The summed E-state index contributed by atoms with van der Waals surface area (Å²) in [4.78, 5) is 17.6. The van der Waals surface area contributed by atoms with Crippen LogP contribution in [0.3, 0.4) is 0 Å². The van der Waals surface area contributed by atoms with Crippen LogP contribution in [-0.2, 0) is 4.79 Å². The lowest BCUT2D eigenvalue weighted by molar-refractivity contribution is -0.115. The number of amides is 1. The fraction of sp³-hybridized carbons (Fsp3) is 0.0909. The van der Waals surface area contributed by atoms with E-state index in [-0.39, 0.29) is 5.91 Å². The number of thioether (sulfide) groups is 1. The molecule has 4 rings (SSSR count). The van der Waals surface area contributed by atoms with Crippen LogP contribution in [0.25, 0.3) is 16.8 Å². The molecule has 0 bridgehead atoms. The number of nitrogens with zero attached hydrogens (tertiary/aromatic N) is 1. The highest BCUT2D eigenvalue weighted by Crippen LogP contribution is 2.30. The van der Waals surface area contributed by atoms with E-state index in [1.165, 1.54) is 22.9 Å². The summed E-state index contributed by atoms with van der Waals surface area (Å²) in [6, 6.07) is 20.3. The van der Waals surface area contributed by atoms with Gasteiger partial charge in [-0.3, -0.25) is 4.79 Å². The molecule has 3 aromatic rings. The second-order valence-corrected chi connectivity index (χ2v) is 7.35. The number of carbonyl (C=O) groups excluding carboxylic acids is 1. The first-order valence-corrected chi connectivity index (χ1v) is 9.26. The van der Waals surface area contributed by atoms with Crippen LogP contribution in [0.15, 0.2) is 70.6 Å². The molecular formula is C22H18N2OS. The van der Waals surface area contributed by atoms with E-state index >= 15 is 0 Å². The van der Waals surface area contributed by atoms with Crippen molar-refractivity contribution in [1.29, 1.82) is 0 Å². The van der Waals surface area contributed by atoms with E-state index < -0.39 is 0 Å². The fourth-order valence-corrected chi connectivity index (χ4v) is 3.74. The Kier molecular flexibility index (Phi) is 4.35. The number of nitrogens with one attached hydrogen (secondary N) is 1. The molecular weight excluding hydrogens is 340 g/mol. The van der Waals surface area contributed by atoms with Crippen molar-refractivity contribution in [3.63, 3.8) is 0 Å². The van der Waals surface area contributed by atoms with Crippen molar-refractivity contribution in [2.45, 2.75) is 13.8 Å². The molecule has 0 atom stereocenters. The van der Waals surface area contributed by atoms with Gasteiger partial charge >= 0.3 is 0 Å². The summed E-state index contributed by atoms with van der Waals surface area (Å²) < 4.78 is 0. The van der Waals surface area contributed by atoms with Gasteiger partial charge in [0.2, 0.25) is 0 Å². The molecule has 1 fully saturated rings. The van der Waals surface area contributed by atoms with Crippen LogP contribution in [0.5, 0.6) is 0 Å². The Balaban J connectivity index is 1.66. The molecule has 26 heavy (non-hydrogen) atoms. The summed E-state index contributed by atoms with van der Waals surface area (Å²) in [6.45, 7) is 4.13. The standard InChI is InChI=1S/C22H18N2OS/c1-14-10-11-18(12-15(14)2)23-22-24-21(25)20(26-22)13-17-8-5-7-16-6-3-4-9-19(16)17/h3-13H,1-2H3,(H,23,24,25)/b20-13+. The maximum atomic E-state index is 12.4. The minimum absolute atomic E-state index is 0.106. The van der Waals surface area contributed by atoms with Gasteiger partial charge in [0.05, 0.1) is 10.6 Å². The second-order valence-electron chi connectivity index (χ2n) is 6.32. The molecule has 3 aromatic carbocycles. The number of aliphatic imine (C=N–C) groups is 1. The molecule has 4 heteroatoms. The van der Waals surface area contributed by atoms with Gasteiger partial charge < -0.3 is 5.32 Å². The van der Waals surface area contributed by atoms with Gasteiger partial charge in [-0.05, 0) is 71.3 Å². The lowest BCUT2D eigenvalue weighted by atomic mass is 10.0. The topological polar surface area (TPSA) is 41.5 Å². The fourth-order valence-electron chi connectivity index (χ4n) is 2.91. The zero-order valence-corrected chi connectivity index (χ0v) is 15.4. The van der Waals surface area contributed by atoms with E-state index in [4.69, 9.17) is 0 Å². The molecule has 0 aliphatic carbocycles. The van der Waals surface area contributed by atoms with E-state index in [2.05, 4.69) is 42.4 Å². The number of rotatable bonds is 2. The lowest BCUT2D eigenvalue weighted by Gasteiger charge is -2.02. The van der Waals surface area contributed by atoms with Gasteiger partial charge in [0, 0.05) is 0 Å². The van der Waals surface area contributed by atoms with Crippen molar-refractivity contribution in [2.24, 2.45) is 4.99 Å². The number of benzene rings is 3. The average molecular weight is 358 g/mol. The van der Waals surface area contributed by atoms with Gasteiger partial charge in [-0.1, -0.05) is 48.5 Å². The number of hydrogen-bond donors (Lipinski definition) is 1. The van der Waals surface area contributed by atoms with Crippen molar-refractivity contribution in [3.8, 4) is 0 Å². The summed E-state index contributed by atoms with van der Waals surface area (Å²) in [7, 11) is 0. The zero-order chi connectivity index (χ0) is 18.1. The van der Waals surface area contributed by atoms with Crippen LogP contribution < -0.4 is 5.32 Å². The Labute approximate surface area is 156 Å². The quantitative estimate of drug-likeness (QED) is 0.628. The van der Waals surface area contributed by atoms with Gasteiger partial charge in [0.15, 0.2) is 5.17 Å². The Morgan fingerprint density at radius 2 is 1.77 bits per heavy atom. The highest BCUT2D eigenvalue weighted by molar-refractivity contribution is 8.18. The van der Waals surface area contributed by atoms with Gasteiger partial charge in [0.25, 0.3) is 5.91 Å². The van der Waals surface area contributed by atoms with Crippen LogP contribution in [0, 0.1) is 13.8 Å². The van der Waals surface area contributed by atoms with Gasteiger partial charge in [-0.25, -0.2) is 4.99 Å². The molecule has 128 valence electrons. The van der Waals surface area contributed by atoms with E-state index in [0.717, 1.165) is 22.0 Å². The van der Waals surface area contributed by atoms with Gasteiger partial charge in [-0.15, -0.1) is 0 Å². The third-order valence-corrected chi connectivity index (χ3v) is 5.39. The second kappa shape index (κ2) is 6.81. The minimum Gasteiger partial charge on any atom is -0.300 e. The maximum absolute atomic E-state index is 12.4. The number of carbonyl (C=O) groups is 1. The maximum Gasteiger partial charge on any atom is 0.264 e. The van der Waals surface area contributed by atoms with Crippen molar-refractivity contribution in [3.05, 3.63) is 82.3 Å². The van der Waals surface area contributed by atoms with E-state index in [1.54, 1.807) is 0 Å². The monoisotopic (exact) mass is 358 g/mol. The summed E-state index contributed by atoms with van der Waals surface area (Å²) in [5.41, 5.74) is 4.30. The Bertz CT molecular complexity index is 1080. The van der Waals surface area contributed by atoms with E-state index in [0.29, 0.717) is 10.1 Å². The summed E-state index contributed by atoms with van der Waals surface area (Å²) >= 11 is 1.38. The summed E-state index contributed by atoms with van der Waals surface area (Å²) in [5.74, 6) is -0.106. The highest BCUT2D eigenvalue weighted by Gasteiger charge is 2.24.